The van der Waals surface area contributed by atoms with Crippen molar-refractivity contribution < 1.29 is 32.2 Å². The molecule has 0 atom stereocenters. The van der Waals surface area contributed by atoms with Gasteiger partial charge in [0.1, 0.15) is 0 Å². The van der Waals surface area contributed by atoms with Crippen molar-refractivity contribution in [2.45, 2.75) is 11.4 Å². The molecular formula is C26H30N2O7S. The van der Waals surface area contributed by atoms with Crippen molar-refractivity contribution in [1.82, 2.24) is 4.90 Å². The normalized spacial score (nSPS) is 10.9. The molecule has 0 unspecified atom stereocenters. The number of ether oxygens (including phenoxy) is 4. The van der Waals surface area contributed by atoms with E-state index in [1.807, 2.05) is 12.1 Å². The first kappa shape index (κ1) is 26.7. The number of rotatable bonds is 10. The van der Waals surface area contributed by atoms with Crippen LogP contribution in [0.4, 0.5) is 5.69 Å². The molecule has 0 N–H and O–H groups in total. The second-order valence-corrected chi connectivity index (χ2v) is 9.86. The minimum absolute atomic E-state index is 0.0532. The Balaban J connectivity index is 1.76. The minimum atomic E-state index is -3.87. The number of benzene rings is 3. The first-order chi connectivity index (χ1) is 17.2. The van der Waals surface area contributed by atoms with Crippen LogP contribution in [0.15, 0.2) is 65.6 Å². The lowest BCUT2D eigenvalue weighted by Gasteiger charge is -2.21. The number of amides is 1. The second kappa shape index (κ2) is 11.2. The Kier molecular flexibility index (Phi) is 8.31. The minimum Gasteiger partial charge on any atom is -0.493 e. The number of nitrogens with zero attached hydrogens (tertiary/aromatic N) is 2. The van der Waals surface area contributed by atoms with Gasteiger partial charge < -0.3 is 23.8 Å². The van der Waals surface area contributed by atoms with E-state index in [0.29, 0.717) is 40.8 Å². The summed E-state index contributed by atoms with van der Waals surface area (Å²) < 4.78 is 48.5. The Hall–Kier alpha value is -3.92. The van der Waals surface area contributed by atoms with Crippen LogP contribution in [0.1, 0.15) is 15.9 Å². The molecule has 0 fully saturated rings. The van der Waals surface area contributed by atoms with E-state index in [1.54, 1.807) is 56.5 Å². The summed E-state index contributed by atoms with van der Waals surface area (Å²) in [6, 6.07) is 16.3. The summed E-state index contributed by atoms with van der Waals surface area (Å²) in [5.41, 5.74) is 1.71. The molecule has 9 nitrogen and oxygen atoms in total. The van der Waals surface area contributed by atoms with Crippen LogP contribution in [-0.4, -0.2) is 61.8 Å². The number of carbonyl (C=O) groups excluding carboxylic acids is 1. The second-order valence-electron chi connectivity index (χ2n) is 7.89. The molecule has 3 aromatic carbocycles. The average molecular weight is 515 g/mol. The van der Waals surface area contributed by atoms with Crippen LogP contribution >= 0.6 is 0 Å². The Morgan fingerprint density at radius 3 is 1.81 bits per heavy atom. The maximum atomic E-state index is 13.2. The molecule has 0 aromatic heterocycles. The zero-order chi connectivity index (χ0) is 26.5. The summed E-state index contributed by atoms with van der Waals surface area (Å²) in [5.74, 6) is 1.73. The third-order valence-corrected chi connectivity index (χ3v) is 7.49. The van der Waals surface area contributed by atoms with E-state index in [9.17, 15) is 13.2 Å². The highest BCUT2D eigenvalue weighted by molar-refractivity contribution is 7.92. The van der Waals surface area contributed by atoms with Gasteiger partial charge in [0, 0.05) is 32.3 Å². The van der Waals surface area contributed by atoms with Crippen molar-refractivity contribution in [3.63, 3.8) is 0 Å². The van der Waals surface area contributed by atoms with Crippen LogP contribution in [0.2, 0.25) is 0 Å². The van der Waals surface area contributed by atoms with E-state index in [0.717, 1.165) is 9.87 Å². The van der Waals surface area contributed by atoms with Gasteiger partial charge in [0.25, 0.3) is 15.9 Å². The van der Waals surface area contributed by atoms with Crippen molar-refractivity contribution in [2.75, 3.05) is 46.8 Å². The highest BCUT2D eigenvalue weighted by atomic mass is 32.2. The molecule has 0 saturated carbocycles. The highest BCUT2D eigenvalue weighted by Crippen LogP contribution is 2.32. The third kappa shape index (κ3) is 5.49. The lowest BCUT2D eigenvalue weighted by atomic mass is 10.1. The molecular weight excluding hydrogens is 484 g/mol. The van der Waals surface area contributed by atoms with Gasteiger partial charge in [-0.2, -0.15) is 0 Å². The average Bonchev–Trinajstić information content (AvgIpc) is 2.91. The molecule has 1 amide bonds. The fourth-order valence-electron chi connectivity index (χ4n) is 3.63. The van der Waals surface area contributed by atoms with Gasteiger partial charge in [-0.05, 0) is 54.1 Å². The molecule has 3 aromatic rings. The van der Waals surface area contributed by atoms with Gasteiger partial charge in [0.15, 0.2) is 23.0 Å². The van der Waals surface area contributed by atoms with E-state index < -0.39 is 10.0 Å². The molecule has 0 saturated heterocycles. The van der Waals surface area contributed by atoms with Gasteiger partial charge in [0.05, 0.1) is 39.0 Å². The SMILES string of the molecule is COc1ccc(CN(C)C(=O)c2ccc(N(C)S(=O)(=O)c3ccc(OC)c(OC)c3)cc2)cc1OC. The molecule has 3 rings (SSSR count). The summed E-state index contributed by atoms with van der Waals surface area (Å²) in [7, 11) is 5.31. The van der Waals surface area contributed by atoms with Gasteiger partial charge in [-0.3, -0.25) is 9.10 Å². The number of hydrogen-bond donors (Lipinski definition) is 0. The quantitative estimate of drug-likeness (QED) is 0.406. The Morgan fingerprint density at radius 1 is 0.722 bits per heavy atom. The highest BCUT2D eigenvalue weighted by Gasteiger charge is 2.23. The van der Waals surface area contributed by atoms with Crippen LogP contribution < -0.4 is 23.3 Å². The van der Waals surface area contributed by atoms with E-state index in [1.165, 1.54) is 39.5 Å². The van der Waals surface area contributed by atoms with Crippen LogP contribution in [0.5, 0.6) is 23.0 Å². The molecule has 0 heterocycles. The van der Waals surface area contributed by atoms with E-state index in [4.69, 9.17) is 18.9 Å². The Bertz CT molecular complexity index is 1320. The zero-order valence-electron chi connectivity index (χ0n) is 21.1. The van der Waals surface area contributed by atoms with Crippen molar-refractivity contribution in [3.8, 4) is 23.0 Å². The standard InChI is InChI=1S/C26H30N2O7S/c1-27(17-18-7-13-22(32-3)24(15-18)34-5)26(29)19-8-10-20(11-9-19)28(2)36(30,31)21-12-14-23(33-4)25(16-21)35-6/h7-16H,17H2,1-6H3. The predicted molar refractivity (Wildman–Crippen MR) is 137 cm³/mol. The van der Waals surface area contributed by atoms with Crippen LogP contribution in [0.25, 0.3) is 0 Å². The van der Waals surface area contributed by atoms with Crippen molar-refractivity contribution >= 4 is 21.6 Å². The molecule has 192 valence electrons. The topological polar surface area (TPSA) is 94.6 Å². The summed E-state index contributed by atoms with van der Waals surface area (Å²) in [6.45, 7) is 0.356. The van der Waals surface area contributed by atoms with Crippen LogP contribution in [-0.2, 0) is 16.6 Å². The largest absolute Gasteiger partial charge is 0.493 e. The van der Waals surface area contributed by atoms with Crippen molar-refractivity contribution in [2.24, 2.45) is 0 Å². The van der Waals surface area contributed by atoms with Gasteiger partial charge >= 0.3 is 0 Å². The van der Waals surface area contributed by atoms with E-state index in [2.05, 4.69) is 0 Å². The number of methoxy groups -OCH3 is 4. The lowest BCUT2D eigenvalue weighted by molar-refractivity contribution is 0.0785. The number of carbonyl (C=O) groups is 1. The molecule has 0 aliphatic carbocycles. The molecule has 0 aliphatic heterocycles. The maximum absolute atomic E-state index is 13.2. The lowest BCUT2D eigenvalue weighted by Crippen LogP contribution is -2.27. The number of anilines is 1. The Morgan fingerprint density at radius 2 is 1.25 bits per heavy atom. The van der Waals surface area contributed by atoms with E-state index in [-0.39, 0.29) is 10.8 Å². The zero-order valence-corrected chi connectivity index (χ0v) is 22.0. The first-order valence-corrected chi connectivity index (χ1v) is 12.4. The molecule has 0 spiro atoms. The van der Waals surface area contributed by atoms with Crippen molar-refractivity contribution in [3.05, 3.63) is 71.8 Å². The summed E-state index contributed by atoms with van der Waals surface area (Å²) in [5, 5.41) is 0. The van der Waals surface area contributed by atoms with E-state index >= 15 is 0 Å². The predicted octanol–water partition coefficient (Wildman–Crippen LogP) is 3.82. The van der Waals surface area contributed by atoms with Gasteiger partial charge in [-0.15, -0.1) is 0 Å². The van der Waals surface area contributed by atoms with Crippen LogP contribution in [0, 0.1) is 0 Å². The molecule has 0 radical (unpaired) electrons. The van der Waals surface area contributed by atoms with Gasteiger partial charge in [0.2, 0.25) is 0 Å². The Labute approximate surface area is 211 Å². The van der Waals surface area contributed by atoms with Crippen LogP contribution in [0.3, 0.4) is 0 Å². The maximum Gasteiger partial charge on any atom is 0.264 e. The third-order valence-electron chi connectivity index (χ3n) is 5.71. The number of hydrogen-bond acceptors (Lipinski definition) is 7. The smallest absolute Gasteiger partial charge is 0.264 e. The summed E-state index contributed by atoms with van der Waals surface area (Å²) >= 11 is 0. The fourth-order valence-corrected chi connectivity index (χ4v) is 4.84. The molecule has 0 bridgehead atoms. The number of sulfonamides is 1. The van der Waals surface area contributed by atoms with Gasteiger partial charge in [-0.25, -0.2) is 8.42 Å². The fraction of sp³-hybridized carbons (Fsp3) is 0.269. The monoisotopic (exact) mass is 514 g/mol. The summed E-state index contributed by atoms with van der Waals surface area (Å²) in [4.78, 5) is 14.6. The van der Waals surface area contributed by atoms with Crippen molar-refractivity contribution in [1.29, 1.82) is 0 Å². The summed E-state index contributed by atoms with van der Waals surface area (Å²) in [6.07, 6.45) is 0. The first-order valence-electron chi connectivity index (χ1n) is 10.9. The molecule has 36 heavy (non-hydrogen) atoms. The molecule has 0 aliphatic rings. The van der Waals surface area contributed by atoms with Gasteiger partial charge in [-0.1, -0.05) is 6.07 Å². The molecule has 10 heteroatoms.